The lowest BCUT2D eigenvalue weighted by molar-refractivity contribution is 0.229. The Morgan fingerprint density at radius 1 is 1.44 bits per heavy atom. The molecule has 0 saturated carbocycles. The molecule has 2 aromatic rings. The third kappa shape index (κ3) is 2.43. The van der Waals surface area contributed by atoms with E-state index in [1.54, 1.807) is 18.6 Å². The molecular formula is C12H18N4OS. The maximum atomic E-state index is 12.1. The van der Waals surface area contributed by atoms with Gasteiger partial charge >= 0.3 is 5.69 Å². The van der Waals surface area contributed by atoms with Gasteiger partial charge in [-0.15, -0.1) is 5.10 Å². The van der Waals surface area contributed by atoms with Crippen LogP contribution >= 0.6 is 12.6 Å². The van der Waals surface area contributed by atoms with Gasteiger partial charge in [0.1, 0.15) is 0 Å². The van der Waals surface area contributed by atoms with Crippen LogP contribution in [0.2, 0.25) is 0 Å². The molecule has 0 spiro atoms. The van der Waals surface area contributed by atoms with Crippen molar-refractivity contribution in [3.05, 3.63) is 29.1 Å². The molecule has 0 bridgehead atoms. The Labute approximate surface area is 111 Å². The minimum absolute atomic E-state index is 0.0925. The second-order valence-corrected chi connectivity index (χ2v) is 5.88. The van der Waals surface area contributed by atoms with Crippen molar-refractivity contribution in [2.45, 2.75) is 27.3 Å². The van der Waals surface area contributed by atoms with E-state index in [-0.39, 0.29) is 17.0 Å². The van der Waals surface area contributed by atoms with E-state index in [2.05, 4.69) is 43.5 Å². The molecule has 2 heterocycles. The number of rotatable bonds is 3. The fourth-order valence-electron chi connectivity index (χ4n) is 1.81. The van der Waals surface area contributed by atoms with Gasteiger partial charge in [-0.25, -0.2) is 13.9 Å². The van der Waals surface area contributed by atoms with Crippen LogP contribution in [0.4, 0.5) is 0 Å². The highest BCUT2D eigenvalue weighted by atomic mass is 32.1. The van der Waals surface area contributed by atoms with Crippen molar-refractivity contribution in [2.24, 2.45) is 11.3 Å². The zero-order valence-electron chi connectivity index (χ0n) is 10.9. The molecule has 0 aliphatic rings. The molecule has 2 rings (SSSR count). The van der Waals surface area contributed by atoms with Crippen LogP contribution in [0.5, 0.6) is 0 Å². The molecule has 0 aliphatic carbocycles. The molecule has 98 valence electrons. The van der Waals surface area contributed by atoms with Crippen molar-refractivity contribution >= 4 is 18.3 Å². The molecule has 1 atom stereocenters. The number of hydrogen-bond acceptors (Lipinski definition) is 4. The van der Waals surface area contributed by atoms with E-state index in [9.17, 15) is 4.79 Å². The van der Waals surface area contributed by atoms with Gasteiger partial charge in [-0.05, 0) is 17.1 Å². The van der Waals surface area contributed by atoms with E-state index < -0.39 is 0 Å². The summed E-state index contributed by atoms with van der Waals surface area (Å²) in [6.07, 6.45) is 4.80. The van der Waals surface area contributed by atoms with Gasteiger partial charge in [0.05, 0.1) is 12.7 Å². The first-order valence-corrected chi connectivity index (χ1v) is 6.57. The fourth-order valence-corrected chi connectivity index (χ4v) is 2.48. The van der Waals surface area contributed by atoms with Crippen LogP contribution in [0.1, 0.15) is 20.8 Å². The van der Waals surface area contributed by atoms with Crippen LogP contribution in [-0.4, -0.2) is 24.9 Å². The van der Waals surface area contributed by atoms with Gasteiger partial charge in [-0.3, -0.25) is 4.98 Å². The monoisotopic (exact) mass is 266 g/mol. The van der Waals surface area contributed by atoms with Gasteiger partial charge in [-0.2, -0.15) is 12.6 Å². The summed E-state index contributed by atoms with van der Waals surface area (Å²) in [4.78, 5) is 16.1. The molecule has 1 unspecified atom stereocenters. The predicted molar refractivity (Wildman–Crippen MR) is 74.0 cm³/mol. The normalized spacial score (nSPS) is 14.0. The van der Waals surface area contributed by atoms with Gasteiger partial charge in [-0.1, -0.05) is 20.8 Å². The summed E-state index contributed by atoms with van der Waals surface area (Å²) >= 11 is 4.37. The van der Waals surface area contributed by atoms with Crippen LogP contribution in [0.25, 0.3) is 5.65 Å². The van der Waals surface area contributed by atoms with Crippen molar-refractivity contribution in [3.8, 4) is 0 Å². The van der Waals surface area contributed by atoms with Gasteiger partial charge in [0.2, 0.25) is 0 Å². The summed E-state index contributed by atoms with van der Waals surface area (Å²) in [7, 11) is 0. The van der Waals surface area contributed by atoms with Gasteiger partial charge < -0.3 is 0 Å². The van der Waals surface area contributed by atoms with Crippen molar-refractivity contribution in [2.75, 3.05) is 5.75 Å². The largest absolute Gasteiger partial charge is 0.350 e. The highest BCUT2D eigenvalue weighted by molar-refractivity contribution is 7.80. The van der Waals surface area contributed by atoms with Crippen LogP contribution in [0.3, 0.4) is 0 Å². The highest BCUT2D eigenvalue weighted by Gasteiger charge is 2.25. The lowest BCUT2D eigenvalue weighted by Gasteiger charge is -2.28. The first kappa shape index (κ1) is 13.1. The highest BCUT2D eigenvalue weighted by Crippen LogP contribution is 2.27. The average Bonchev–Trinajstić information content (AvgIpc) is 2.62. The van der Waals surface area contributed by atoms with Crippen LogP contribution < -0.4 is 5.69 Å². The van der Waals surface area contributed by atoms with E-state index in [0.29, 0.717) is 12.2 Å². The van der Waals surface area contributed by atoms with Crippen LogP contribution in [0.15, 0.2) is 23.4 Å². The molecule has 0 radical (unpaired) electrons. The molecule has 0 amide bonds. The summed E-state index contributed by atoms with van der Waals surface area (Å²) in [6.45, 7) is 7.02. The lowest BCUT2D eigenvalue weighted by Crippen LogP contribution is -2.32. The predicted octanol–water partition coefficient (Wildman–Crippen LogP) is 1.48. The number of thiol groups is 1. The fraction of sp³-hybridized carbons (Fsp3) is 0.583. The molecule has 2 aromatic heterocycles. The van der Waals surface area contributed by atoms with Gasteiger partial charge in [0, 0.05) is 12.4 Å². The Balaban J connectivity index is 2.38. The zero-order valence-corrected chi connectivity index (χ0v) is 11.8. The van der Waals surface area contributed by atoms with Crippen LogP contribution in [0, 0.1) is 11.3 Å². The first-order valence-electron chi connectivity index (χ1n) is 5.93. The molecule has 5 nitrogen and oxygen atoms in total. The minimum atomic E-state index is -0.122. The van der Waals surface area contributed by atoms with Gasteiger partial charge in [0.25, 0.3) is 0 Å². The summed E-state index contributed by atoms with van der Waals surface area (Å²) in [5, 5.41) is 4.28. The molecule has 0 saturated heterocycles. The molecule has 0 N–H and O–H groups in total. The molecule has 18 heavy (non-hydrogen) atoms. The van der Waals surface area contributed by atoms with Crippen molar-refractivity contribution in [3.63, 3.8) is 0 Å². The molecular weight excluding hydrogens is 248 g/mol. The third-order valence-electron chi connectivity index (χ3n) is 3.23. The number of hydrogen-bond donors (Lipinski definition) is 1. The second-order valence-electron chi connectivity index (χ2n) is 5.51. The van der Waals surface area contributed by atoms with E-state index in [4.69, 9.17) is 0 Å². The Morgan fingerprint density at radius 3 is 2.72 bits per heavy atom. The maximum absolute atomic E-state index is 12.1. The molecule has 0 fully saturated rings. The standard InChI is InChI=1S/C12H18N4OS/c1-12(2,3)9(8-18)7-16-11(17)15-5-4-13-6-10(15)14-16/h4-6,9,18H,7-8H2,1-3H3. The summed E-state index contributed by atoms with van der Waals surface area (Å²) in [5.74, 6) is 1.01. The number of fused-ring (bicyclic) bond motifs is 1. The second kappa shape index (κ2) is 4.76. The van der Waals surface area contributed by atoms with Crippen molar-refractivity contribution < 1.29 is 0 Å². The van der Waals surface area contributed by atoms with E-state index >= 15 is 0 Å². The SMILES string of the molecule is CC(C)(C)C(CS)Cn1nc2cnccn2c1=O. The molecule has 0 aromatic carbocycles. The molecule has 0 aliphatic heterocycles. The van der Waals surface area contributed by atoms with Crippen molar-refractivity contribution in [1.29, 1.82) is 0 Å². The number of nitrogens with zero attached hydrogens (tertiary/aromatic N) is 4. The molecule has 6 heteroatoms. The Bertz CT molecular complexity index is 596. The quantitative estimate of drug-likeness (QED) is 0.856. The topological polar surface area (TPSA) is 52.2 Å². The lowest BCUT2D eigenvalue weighted by atomic mass is 9.82. The van der Waals surface area contributed by atoms with E-state index in [0.717, 1.165) is 5.75 Å². The Kier molecular flexibility index (Phi) is 3.47. The zero-order chi connectivity index (χ0) is 13.3. The van der Waals surface area contributed by atoms with Crippen molar-refractivity contribution in [1.82, 2.24) is 19.2 Å². The van der Waals surface area contributed by atoms with E-state index in [1.165, 1.54) is 9.08 Å². The third-order valence-corrected chi connectivity index (χ3v) is 3.67. The maximum Gasteiger partial charge on any atom is 0.350 e. The summed E-state index contributed by atoms with van der Waals surface area (Å²) in [5.41, 5.74) is 0.549. The van der Waals surface area contributed by atoms with Gasteiger partial charge in [0.15, 0.2) is 5.65 Å². The first-order chi connectivity index (χ1) is 8.43. The smallest absolute Gasteiger partial charge is 0.259 e. The Morgan fingerprint density at radius 2 is 2.17 bits per heavy atom. The number of aromatic nitrogens is 4. The Hall–Kier alpha value is -1.30. The van der Waals surface area contributed by atoms with E-state index in [1.807, 2.05) is 0 Å². The minimum Gasteiger partial charge on any atom is -0.259 e. The summed E-state index contributed by atoms with van der Waals surface area (Å²) < 4.78 is 3.01. The van der Waals surface area contributed by atoms with Crippen LogP contribution in [-0.2, 0) is 6.54 Å². The average molecular weight is 266 g/mol. The summed E-state index contributed by atoms with van der Waals surface area (Å²) in [6, 6.07) is 0.